The smallest absolute Gasteiger partial charge is 0.225 e. The number of hydrogen-bond donors (Lipinski definition) is 1. The lowest BCUT2D eigenvalue weighted by molar-refractivity contribution is -0.126. The molecule has 0 unspecified atom stereocenters. The Morgan fingerprint density at radius 2 is 1.83 bits per heavy atom. The zero-order chi connectivity index (χ0) is 24.2. The van der Waals surface area contributed by atoms with Gasteiger partial charge < -0.3 is 15.0 Å². The molecule has 1 fully saturated rings. The lowest BCUT2D eigenvalue weighted by Crippen LogP contribution is -2.61. The van der Waals surface area contributed by atoms with Gasteiger partial charge in [-0.2, -0.15) is 0 Å². The summed E-state index contributed by atoms with van der Waals surface area (Å²) < 4.78 is 18.9. The number of benzene rings is 3. The van der Waals surface area contributed by atoms with Gasteiger partial charge >= 0.3 is 0 Å². The van der Waals surface area contributed by atoms with Crippen LogP contribution >= 0.6 is 0 Å². The minimum absolute atomic E-state index is 0.0699. The fraction of sp³-hybridized carbons (Fsp3) is 0.345. The Bertz CT molecular complexity index is 1150. The molecule has 0 bridgehead atoms. The van der Waals surface area contributed by atoms with Gasteiger partial charge in [-0.1, -0.05) is 48.5 Å². The molecule has 1 N–H and O–H groups in total. The van der Waals surface area contributed by atoms with Crippen LogP contribution in [0.1, 0.15) is 16.7 Å². The Morgan fingerprint density at radius 3 is 2.60 bits per heavy atom. The average Bonchev–Trinajstić information content (AvgIpc) is 2.89. The standard InChI is InChI=1S/C29H32FN3O2/c1-35-25-12-9-23-17-26(29(34)31-14-13-21-5-3-2-4-6-21)28-20-32(15-16-33(28)27(23)18-25)19-22-7-10-24(30)11-8-22/h2-12,18,26,28H,13-17,19-20H2,1H3,(H,31,34)/t26-,28+/m0/s1. The Labute approximate surface area is 206 Å². The van der Waals surface area contributed by atoms with E-state index in [0.717, 1.165) is 43.9 Å². The van der Waals surface area contributed by atoms with E-state index in [1.54, 1.807) is 7.11 Å². The van der Waals surface area contributed by atoms with E-state index in [1.807, 2.05) is 36.4 Å². The maximum absolute atomic E-state index is 13.5. The molecule has 2 atom stereocenters. The van der Waals surface area contributed by atoms with E-state index < -0.39 is 0 Å². The van der Waals surface area contributed by atoms with E-state index in [-0.39, 0.29) is 23.7 Å². The molecule has 35 heavy (non-hydrogen) atoms. The molecule has 2 heterocycles. The van der Waals surface area contributed by atoms with Gasteiger partial charge in [0.25, 0.3) is 0 Å². The number of ether oxygens (including phenoxy) is 1. The summed E-state index contributed by atoms with van der Waals surface area (Å²) in [6.07, 6.45) is 1.53. The maximum atomic E-state index is 13.5. The van der Waals surface area contributed by atoms with Crippen molar-refractivity contribution in [3.05, 3.63) is 95.3 Å². The predicted octanol–water partition coefficient (Wildman–Crippen LogP) is 4.06. The molecule has 3 aromatic rings. The van der Waals surface area contributed by atoms with E-state index >= 15 is 0 Å². The summed E-state index contributed by atoms with van der Waals surface area (Å²) in [6.45, 7) is 3.87. The van der Waals surface area contributed by atoms with Crippen molar-refractivity contribution in [2.75, 3.05) is 38.2 Å². The first kappa shape index (κ1) is 23.4. The highest BCUT2D eigenvalue weighted by molar-refractivity contribution is 5.82. The molecule has 0 aromatic heterocycles. The van der Waals surface area contributed by atoms with E-state index in [2.05, 4.69) is 39.4 Å². The van der Waals surface area contributed by atoms with Crippen molar-refractivity contribution >= 4 is 11.6 Å². The lowest BCUT2D eigenvalue weighted by atomic mass is 9.83. The van der Waals surface area contributed by atoms with Crippen LogP contribution < -0.4 is 15.0 Å². The fourth-order valence-corrected chi connectivity index (χ4v) is 5.36. The van der Waals surface area contributed by atoms with Crippen LogP contribution in [-0.2, 0) is 24.2 Å². The van der Waals surface area contributed by atoms with Crippen LogP contribution in [0.25, 0.3) is 0 Å². The van der Waals surface area contributed by atoms with E-state index in [1.165, 1.54) is 28.9 Å². The summed E-state index contributed by atoms with van der Waals surface area (Å²) >= 11 is 0. The lowest BCUT2D eigenvalue weighted by Gasteiger charge is -2.49. The average molecular weight is 474 g/mol. The molecule has 5 rings (SSSR count). The number of carbonyl (C=O) groups is 1. The van der Waals surface area contributed by atoms with Gasteiger partial charge in [0.2, 0.25) is 5.91 Å². The van der Waals surface area contributed by atoms with Crippen molar-refractivity contribution < 1.29 is 13.9 Å². The summed E-state index contributed by atoms with van der Waals surface area (Å²) in [5.74, 6) is 0.592. The van der Waals surface area contributed by atoms with Crippen LogP contribution in [0.2, 0.25) is 0 Å². The zero-order valence-electron chi connectivity index (χ0n) is 20.1. The van der Waals surface area contributed by atoms with Gasteiger partial charge in [0.05, 0.1) is 19.1 Å². The molecular formula is C29H32FN3O2. The highest BCUT2D eigenvalue weighted by Gasteiger charge is 2.41. The molecule has 6 heteroatoms. The highest BCUT2D eigenvalue weighted by Crippen LogP contribution is 2.38. The summed E-state index contributed by atoms with van der Waals surface area (Å²) in [6, 6.07) is 23.2. The number of nitrogens with zero attached hydrogens (tertiary/aromatic N) is 2. The van der Waals surface area contributed by atoms with Gasteiger partial charge in [-0.15, -0.1) is 0 Å². The second-order valence-electron chi connectivity index (χ2n) is 9.45. The number of nitrogens with one attached hydrogen (secondary N) is 1. The van der Waals surface area contributed by atoms with Crippen molar-refractivity contribution in [3.8, 4) is 5.75 Å². The van der Waals surface area contributed by atoms with Crippen LogP contribution in [0.4, 0.5) is 10.1 Å². The highest BCUT2D eigenvalue weighted by atomic mass is 19.1. The number of methoxy groups -OCH3 is 1. The van der Waals surface area contributed by atoms with Crippen LogP contribution in [0, 0.1) is 11.7 Å². The summed E-state index contributed by atoms with van der Waals surface area (Å²) in [5, 5.41) is 3.21. The topological polar surface area (TPSA) is 44.8 Å². The minimum atomic E-state index is -0.219. The number of anilines is 1. The predicted molar refractivity (Wildman–Crippen MR) is 136 cm³/mol. The van der Waals surface area contributed by atoms with Gasteiger partial charge in [0, 0.05) is 44.5 Å². The molecule has 2 aliphatic heterocycles. The van der Waals surface area contributed by atoms with Crippen molar-refractivity contribution in [2.45, 2.75) is 25.4 Å². The fourth-order valence-electron chi connectivity index (χ4n) is 5.36. The molecule has 0 spiro atoms. The third-order valence-electron chi connectivity index (χ3n) is 7.22. The van der Waals surface area contributed by atoms with Gasteiger partial charge in [-0.3, -0.25) is 9.69 Å². The van der Waals surface area contributed by atoms with E-state index in [4.69, 9.17) is 4.74 Å². The van der Waals surface area contributed by atoms with Crippen molar-refractivity contribution in [2.24, 2.45) is 5.92 Å². The summed E-state index contributed by atoms with van der Waals surface area (Å²) in [7, 11) is 1.69. The SMILES string of the molecule is COc1ccc2c(c1)N1CCN(Cc3ccc(F)cc3)C[C@@H]1[C@@H](C(=O)NCCc1ccccc1)C2. The molecule has 0 radical (unpaired) electrons. The Morgan fingerprint density at radius 1 is 1.03 bits per heavy atom. The van der Waals surface area contributed by atoms with Gasteiger partial charge in [-0.25, -0.2) is 4.39 Å². The molecule has 1 saturated heterocycles. The van der Waals surface area contributed by atoms with Crippen molar-refractivity contribution in [1.29, 1.82) is 0 Å². The first-order valence-corrected chi connectivity index (χ1v) is 12.3. The molecular weight excluding hydrogens is 441 g/mol. The third-order valence-corrected chi connectivity index (χ3v) is 7.22. The maximum Gasteiger partial charge on any atom is 0.225 e. The Kier molecular flexibility index (Phi) is 7.00. The van der Waals surface area contributed by atoms with Crippen LogP contribution in [-0.4, -0.2) is 50.1 Å². The Hall–Kier alpha value is -3.38. The zero-order valence-corrected chi connectivity index (χ0v) is 20.1. The number of rotatable bonds is 7. The first-order chi connectivity index (χ1) is 17.1. The van der Waals surface area contributed by atoms with Crippen LogP contribution in [0.5, 0.6) is 5.75 Å². The molecule has 0 saturated carbocycles. The second-order valence-corrected chi connectivity index (χ2v) is 9.45. The second kappa shape index (κ2) is 10.5. The number of halogens is 1. The molecule has 3 aromatic carbocycles. The van der Waals surface area contributed by atoms with Gasteiger partial charge in [0.1, 0.15) is 11.6 Å². The van der Waals surface area contributed by atoms with Gasteiger partial charge in [0.15, 0.2) is 0 Å². The minimum Gasteiger partial charge on any atom is -0.497 e. The molecule has 1 amide bonds. The number of hydrogen-bond acceptors (Lipinski definition) is 4. The van der Waals surface area contributed by atoms with Gasteiger partial charge in [-0.05, 0) is 47.7 Å². The quantitative estimate of drug-likeness (QED) is 0.562. The van der Waals surface area contributed by atoms with Crippen LogP contribution in [0.3, 0.4) is 0 Å². The normalized spacial score (nSPS) is 19.5. The number of carbonyl (C=O) groups excluding carboxylic acids is 1. The van der Waals surface area contributed by atoms with Crippen molar-refractivity contribution in [1.82, 2.24) is 10.2 Å². The molecule has 0 aliphatic carbocycles. The van der Waals surface area contributed by atoms with Crippen LogP contribution in [0.15, 0.2) is 72.8 Å². The third kappa shape index (κ3) is 5.33. The van der Waals surface area contributed by atoms with Crippen molar-refractivity contribution in [3.63, 3.8) is 0 Å². The number of amides is 1. The molecule has 5 nitrogen and oxygen atoms in total. The first-order valence-electron chi connectivity index (χ1n) is 12.3. The molecule has 2 aliphatic rings. The van der Waals surface area contributed by atoms with E-state index in [0.29, 0.717) is 13.0 Å². The molecule has 182 valence electrons. The number of piperazine rings is 1. The van der Waals surface area contributed by atoms with E-state index in [9.17, 15) is 9.18 Å². The number of fused-ring (bicyclic) bond motifs is 3. The Balaban J connectivity index is 1.33. The summed E-state index contributed by atoms with van der Waals surface area (Å²) in [5.41, 5.74) is 4.67. The monoisotopic (exact) mass is 473 g/mol. The largest absolute Gasteiger partial charge is 0.497 e. The summed E-state index contributed by atoms with van der Waals surface area (Å²) in [4.78, 5) is 18.2.